The van der Waals surface area contributed by atoms with Crippen LogP contribution in [0.25, 0.3) is 0 Å². The molecule has 21 heavy (non-hydrogen) atoms. The third-order valence-electron chi connectivity index (χ3n) is 4.79. The van der Waals surface area contributed by atoms with E-state index in [1.807, 2.05) is 19.4 Å². The van der Waals surface area contributed by atoms with E-state index in [9.17, 15) is 0 Å². The molecule has 1 aromatic heterocycles. The summed E-state index contributed by atoms with van der Waals surface area (Å²) in [5.74, 6) is 6.98. The van der Waals surface area contributed by atoms with Gasteiger partial charge in [-0.15, -0.1) is 0 Å². The molecular weight excluding hydrogens is 260 g/mol. The second-order valence-electron chi connectivity index (χ2n) is 5.61. The van der Waals surface area contributed by atoms with E-state index in [1.54, 1.807) is 0 Å². The predicted octanol–water partition coefficient (Wildman–Crippen LogP) is 2.55. The molecule has 0 radical (unpaired) electrons. The average molecular weight is 286 g/mol. The zero-order valence-corrected chi connectivity index (χ0v) is 13.2. The summed E-state index contributed by atoms with van der Waals surface area (Å²) in [6, 6.07) is 10.8. The molecule has 1 atom stereocenters. The molecule has 2 rings (SSSR count). The van der Waals surface area contributed by atoms with Gasteiger partial charge in [0.2, 0.25) is 0 Å². The van der Waals surface area contributed by atoms with Crippen molar-refractivity contribution in [1.29, 1.82) is 0 Å². The van der Waals surface area contributed by atoms with Crippen LogP contribution in [0, 0.1) is 0 Å². The van der Waals surface area contributed by atoms with E-state index in [2.05, 4.69) is 59.2 Å². The maximum Gasteiger partial charge on any atom is 0.110 e. The summed E-state index contributed by atoms with van der Waals surface area (Å²) in [4.78, 5) is 4.45. The van der Waals surface area contributed by atoms with Crippen molar-refractivity contribution in [3.05, 3.63) is 54.1 Å². The maximum absolute atomic E-state index is 5.93. The topological polar surface area (TPSA) is 55.9 Å². The Hall–Kier alpha value is -1.65. The standard InChI is InChI=1S/C17H26N4/c1-4-17(5-2,14-9-7-6-8-10-14)15(20-18)13-16-19-11-12-21(16)3/h6-12,15,20H,4-5,13,18H2,1-3H3. The van der Waals surface area contributed by atoms with Crippen LogP contribution in [0.4, 0.5) is 0 Å². The molecule has 0 saturated carbocycles. The van der Waals surface area contributed by atoms with Gasteiger partial charge in [0.1, 0.15) is 5.82 Å². The van der Waals surface area contributed by atoms with E-state index in [4.69, 9.17) is 5.84 Å². The molecule has 4 heteroatoms. The van der Waals surface area contributed by atoms with Crippen LogP contribution in [-0.4, -0.2) is 15.6 Å². The zero-order valence-electron chi connectivity index (χ0n) is 13.2. The molecule has 0 fully saturated rings. The third-order valence-corrected chi connectivity index (χ3v) is 4.79. The van der Waals surface area contributed by atoms with Crippen molar-refractivity contribution in [2.24, 2.45) is 12.9 Å². The lowest BCUT2D eigenvalue weighted by molar-refractivity contribution is 0.266. The summed E-state index contributed by atoms with van der Waals surface area (Å²) in [5.41, 5.74) is 4.41. The van der Waals surface area contributed by atoms with Crippen molar-refractivity contribution in [2.75, 3.05) is 0 Å². The van der Waals surface area contributed by atoms with E-state index in [1.165, 1.54) is 5.56 Å². The largest absolute Gasteiger partial charge is 0.338 e. The lowest BCUT2D eigenvalue weighted by Crippen LogP contribution is -2.52. The summed E-state index contributed by atoms with van der Waals surface area (Å²) < 4.78 is 2.06. The van der Waals surface area contributed by atoms with Gasteiger partial charge in [-0.2, -0.15) is 0 Å². The normalized spacial score (nSPS) is 13.3. The van der Waals surface area contributed by atoms with Crippen LogP contribution >= 0.6 is 0 Å². The van der Waals surface area contributed by atoms with E-state index in [0.29, 0.717) is 0 Å². The van der Waals surface area contributed by atoms with Crippen molar-refractivity contribution in [3.63, 3.8) is 0 Å². The summed E-state index contributed by atoms with van der Waals surface area (Å²) in [5, 5.41) is 0. The minimum atomic E-state index is 0.0158. The summed E-state index contributed by atoms with van der Waals surface area (Å²) in [6.07, 6.45) is 6.70. The van der Waals surface area contributed by atoms with Crippen LogP contribution in [0.2, 0.25) is 0 Å². The molecule has 2 aromatic rings. The van der Waals surface area contributed by atoms with Gasteiger partial charge in [0.05, 0.1) is 0 Å². The minimum absolute atomic E-state index is 0.0158. The van der Waals surface area contributed by atoms with E-state index in [-0.39, 0.29) is 11.5 Å². The summed E-state index contributed by atoms with van der Waals surface area (Å²) in [6.45, 7) is 4.47. The van der Waals surface area contributed by atoms with Gasteiger partial charge in [0.25, 0.3) is 0 Å². The maximum atomic E-state index is 5.93. The van der Waals surface area contributed by atoms with Crippen LogP contribution < -0.4 is 11.3 Å². The second kappa shape index (κ2) is 6.87. The lowest BCUT2D eigenvalue weighted by Gasteiger charge is -2.40. The third kappa shape index (κ3) is 3.01. The minimum Gasteiger partial charge on any atom is -0.338 e. The van der Waals surface area contributed by atoms with Crippen molar-refractivity contribution < 1.29 is 0 Å². The van der Waals surface area contributed by atoms with Crippen molar-refractivity contribution in [1.82, 2.24) is 15.0 Å². The molecule has 0 spiro atoms. The number of aromatic nitrogens is 2. The SMILES string of the molecule is CCC(CC)(c1ccccc1)C(Cc1nccn1C)NN. The van der Waals surface area contributed by atoms with Gasteiger partial charge in [-0.3, -0.25) is 11.3 Å². The van der Waals surface area contributed by atoms with Gasteiger partial charge in [-0.05, 0) is 18.4 Å². The first-order valence-electron chi connectivity index (χ1n) is 7.65. The van der Waals surface area contributed by atoms with Gasteiger partial charge >= 0.3 is 0 Å². The van der Waals surface area contributed by atoms with Crippen molar-refractivity contribution >= 4 is 0 Å². The second-order valence-corrected chi connectivity index (χ2v) is 5.61. The molecule has 0 aliphatic heterocycles. The molecule has 0 saturated heterocycles. The van der Waals surface area contributed by atoms with Gasteiger partial charge in [-0.1, -0.05) is 44.2 Å². The predicted molar refractivity (Wildman–Crippen MR) is 86.7 cm³/mol. The number of hydrogen-bond donors (Lipinski definition) is 2. The molecule has 4 nitrogen and oxygen atoms in total. The number of nitrogens with two attached hydrogens (primary N) is 1. The van der Waals surface area contributed by atoms with Crippen LogP contribution in [0.15, 0.2) is 42.7 Å². The molecule has 1 unspecified atom stereocenters. The Morgan fingerprint density at radius 1 is 1.24 bits per heavy atom. The smallest absolute Gasteiger partial charge is 0.110 e. The summed E-state index contributed by atoms with van der Waals surface area (Å²) in [7, 11) is 2.03. The molecule has 1 aromatic carbocycles. The van der Waals surface area contributed by atoms with Crippen LogP contribution in [0.1, 0.15) is 38.1 Å². The Kier molecular flexibility index (Phi) is 5.15. The number of aryl methyl sites for hydroxylation is 1. The number of hydrazine groups is 1. The highest BCUT2D eigenvalue weighted by Crippen LogP contribution is 2.36. The highest BCUT2D eigenvalue weighted by molar-refractivity contribution is 5.28. The Morgan fingerprint density at radius 2 is 1.90 bits per heavy atom. The molecule has 1 heterocycles. The quantitative estimate of drug-likeness (QED) is 0.607. The first-order valence-corrected chi connectivity index (χ1v) is 7.65. The van der Waals surface area contributed by atoms with Crippen LogP contribution in [0.5, 0.6) is 0 Å². The van der Waals surface area contributed by atoms with E-state index < -0.39 is 0 Å². The van der Waals surface area contributed by atoms with E-state index >= 15 is 0 Å². The Bertz CT molecular complexity index is 543. The number of benzene rings is 1. The van der Waals surface area contributed by atoms with E-state index in [0.717, 1.165) is 25.1 Å². The Labute approximate surface area is 127 Å². The Balaban J connectivity index is 2.37. The van der Waals surface area contributed by atoms with Crippen molar-refractivity contribution in [3.8, 4) is 0 Å². The highest BCUT2D eigenvalue weighted by Gasteiger charge is 2.37. The molecule has 0 amide bonds. The highest BCUT2D eigenvalue weighted by atomic mass is 15.2. The Morgan fingerprint density at radius 3 is 2.38 bits per heavy atom. The van der Waals surface area contributed by atoms with Gasteiger partial charge in [0, 0.05) is 37.3 Å². The molecule has 3 N–H and O–H groups in total. The summed E-state index contributed by atoms with van der Waals surface area (Å²) >= 11 is 0. The molecule has 114 valence electrons. The van der Waals surface area contributed by atoms with Crippen LogP contribution in [-0.2, 0) is 18.9 Å². The zero-order chi connectivity index (χ0) is 15.3. The van der Waals surface area contributed by atoms with Gasteiger partial charge in [-0.25, -0.2) is 4.98 Å². The van der Waals surface area contributed by atoms with Crippen LogP contribution in [0.3, 0.4) is 0 Å². The average Bonchev–Trinajstić information content (AvgIpc) is 2.94. The molecule has 0 aliphatic rings. The first kappa shape index (κ1) is 15.7. The number of nitrogens with one attached hydrogen (secondary N) is 1. The van der Waals surface area contributed by atoms with Crippen molar-refractivity contribution in [2.45, 2.75) is 44.6 Å². The number of imidazole rings is 1. The molecule has 0 bridgehead atoms. The number of hydrogen-bond acceptors (Lipinski definition) is 3. The first-order chi connectivity index (χ1) is 10.2. The van der Waals surface area contributed by atoms with Gasteiger partial charge < -0.3 is 4.57 Å². The fraction of sp³-hybridized carbons (Fsp3) is 0.471. The van der Waals surface area contributed by atoms with Gasteiger partial charge in [0.15, 0.2) is 0 Å². The monoisotopic (exact) mass is 286 g/mol. The number of rotatable bonds is 7. The fourth-order valence-corrected chi connectivity index (χ4v) is 3.31. The lowest BCUT2D eigenvalue weighted by atomic mass is 9.69. The number of nitrogens with zero attached hydrogens (tertiary/aromatic N) is 2. The molecular formula is C17H26N4. The fourth-order valence-electron chi connectivity index (χ4n) is 3.31. The molecule has 0 aliphatic carbocycles.